The van der Waals surface area contributed by atoms with Gasteiger partial charge in [0.2, 0.25) is 0 Å². The molecule has 0 unspecified atom stereocenters. The van der Waals surface area contributed by atoms with Crippen molar-refractivity contribution in [1.82, 2.24) is 4.98 Å². The predicted octanol–water partition coefficient (Wildman–Crippen LogP) is 3.60. The van der Waals surface area contributed by atoms with Crippen LogP contribution in [0.3, 0.4) is 0 Å². The Morgan fingerprint density at radius 3 is 2.33 bits per heavy atom. The van der Waals surface area contributed by atoms with E-state index in [-0.39, 0.29) is 12.1 Å². The molecule has 0 bridgehead atoms. The Balaban J connectivity index is 3.22. The third-order valence-corrected chi connectivity index (χ3v) is 1.90. The molecule has 0 N–H and O–H groups in total. The zero-order valence-corrected chi connectivity index (χ0v) is 7.78. The van der Waals surface area contributed by atoms with Crippen LogP contribution in [0.2, 0.25) is 0 Å². The molecule has 0 amide bonds. The fraction of sp³-hybridized carbons (Fsp3) is 0.444. The quantitative estimate of drug-likeness (QED) is 0.701. The first-order valence-corrected chi connectivity index (χ1v) is 4.20. The molecule has 84 valence electrons. The largest absolute Gasteiger partial charge is 0.417 e. The van der Waals surface area contributed by atoms with Crippen LogP contribution in [-0.4, -0.2) is 4.98 Å². The normalized spacial score (nSPS) is 12.2. The summed E-state index contributed by atoms with van der Waals surface area (Å²) < 4.78 is 61.3. The fourth-order valence-corrected chi connectivity index (χ4v) is 1.15. The van der Waals surface area contributed by atoms with Gasteiger partial charge in [-0.1, -0.05) is 6.92 Å². The zero-order valence-electron chi connectivity index (χ0n) is 7.78. The zero-order chi connectivity index (χ0) is 11.6. The van der Waals surface area contributed by atoms with E-state index < -0.39 is 23.7 Å². The molecular weight excluding hydrogens is 217 g/mol. The van der Waals surface area contributed by atoms with Gasteiger partial charge < -0.3 is 0 Å². The molecule has 6 heteroatoms. The van der Waals surface area contributed by atoms with Crippen molar-refractivity contribution in [2.24, 2.45) is 0 Å². The summed E-state index contributed by atoms with van der Waals surface area (Å²) >= 11 is 0. The van der Waals surface area contributed by atoms with Gasteiger partial charge >= 0.3 is 6.18 Å². The molecule has 0 aliphatic carbocycles. The number of aryl methyl sites for hydroxylation is 1. The molecule has 0 aromatic carbocycles. The molecule has 0 radical (unpaired) electrons. The first-order valence-electron chi connectivity index (χ1n) is 4.20. The SMILES string of the molecule is CCc1ncc(C(F)(F)F)cc1C(F)F. The Morgan fingerprint density at radius 1 is 1.33 bits per heavy atom. The molecule has 0 saturated carbocycles. The summed E-state index contributed by atoms with van der Waals surface area (Å²) in [5.41, 5.74) is -1.79. The maximum absolute atomic E-state index is 12.4. The van der Waals surface area contributed by atoms with Gasteiger partial charge in [-0.15, -0.1) is 0 Å². The molecule has 1 aromatic heterocycles. The highest BCUT2D eigenvalue weighted by Crippen LogP contribution is 2.32. The molecule has 0 aliphatic heterocycles. The number of hydrogen-bond acceptors (Lipinski definition) is 1. The lowest BCUT2D eigenvalue weighted by Crippen LogP contribution is -2.08. The third-order valence-electron chi connectivity index (χ3n) is 1.90. The molecule has 1 aromatic rings. The van der Waals surface area contributed by atoms with Crippen LogP contribution in [-0.2, 0) is 12.6 Å². The van der Waals surface area contributed by atoms with Gasteiger partial charge in [-0.3, -0.25) is 4.98 Å². The molecule has 15 heavy (non-hydrogen) atoms. The van der Waals surface area contributed by atoms with Gasteiger partial charge in [0.05, 0.1) is 5.56 Å². The monoisotopic (exact) mass is 225 g/mol. The van der Waals surface area contributed by atoms with E-state index in [0.717, 1.165) is 0 Å². The standard InChI is InChI=1S/C9H8F5N/c1-2-7-6(8(10)11)3-5(4-15-7)9(12,13)14/h3-4,8H,2H2,1H3. The van der Waals surface area contributed by atoms with Crippen molar-refractivity contribution in [2.45, 2.75) is 25.9 Å². The van der Waals surface area contributed by atoms with Crippen molar-refractivity contribution in [3.05, 3.63) is 29.1 Å². The Bertz CT molecular complexity index is 345. The minimum absolute atomic E-state index is 0.00185. The molecule has 0 fully saturated rings. The third kappa shape index (κ3) is 2.64. The smallest absolute Gasteiger partial charge is 0.260 e. The number of alkyl halides is 5. The maximum atomic E-state index is 12.4. The maximum Gasteiger partial charge on any atom is 0.417 e. The van der Waals surface area contributed by atoms with Gasteiger partial charge in [0.1, 0.15) is 0 Å². The topological polar surface area (TPSA) is 12.9 Å². The fourth-order valence-electron chi connectivity index (χ4n) is 1.15. The minimum Gasteiger partial charge on any atom is -0.260 e. The van der Waals surface area contributed by atoms with Crippen LogP contribution in [0.15, 0.2) is 12.3 Å². The van der Waals surface area contributed by atoms with E-state index in [1.165, 1.54) is 0 Å². The lowest BCUT2D eigenvalue weighted by molar-refractivity contribution is -0.138. The molecule has 0 aliphatic rings. The van der Waals surface area contributed by atoms with Crippen molar-refractivity contribution >= 4 is 0 Å². The predicted molar refractivity (Wildman–Crippen MR) is 43.6 cm³/mol. The van der Waals surface area contributed by atoms with Crippen LogP contribution in [0.1, 0.15) is 30.2 Å². The van der Waals surface area contributed by atoms with Crippen molar-refractivity contribution in [2.75, 3.05) is 0 Å². The van der Waals surface area contributed by atoms with Crippen molar-refractivity contribution in [3.63, 3.8) is 0 Å². The molecule has 1 rings (SSSR count). The number of aromatic nitrogens is 1. The lowest BCUT2D eigenvalue weighted by Gasteiger charge is -2.10. The highest BCUT2D eigenvalue weighted by Gasteiger charge is 2.32. The first-order chi connectivity index (χ1) is 6.86. The van der Waals surface area contributed by atoms with Gasteiger partial charge in [0.25, 0.3) is 6.43 Å². The van der Waals surface area contributed by atoms with Crippen LogP contribution in [0.25, 0.3) is 0 Å². The average molecular weight is 225 g/mol. The van der Waals surface area contributed by atoms with E-state index in [1.807, 2.05) is 0 Å². The van der Waals surface area contributed by atoms with Crippen molar-refractivity contribution < 1.29 is 22.0 Å². The van der Waals surface area contributed by atoms with Crippen LogP contribution in [0, 0.1) is 0 Å². The van der Waals surface area contributed by atoms with Crippen molar-refractivity contribution in [3.8, 4) is 0 Å². The molecule has 1 nitrogen and oxygen atoms in total. The van der Waals surface area contributed by atoms with Crippen LogP contribution >= 0.6 is 0 Å². The van der Waals surface area contributed by atoms with E-state index in [1.54, 1.807) is 6.92 Å². The number of halogens is 5. The summed E-state index contributed by atoms with van der Waals surface area (Å²) in [6, 6.07) is 0.455. The van der Waals surface area contributed by atoms with Crippen LogP contribution in [0.4, 0.5) is 22.0 Å². The molecule has 1 heterocycles. The molecule has 0 spiro atoms. The molecule has 0 atom stereocenters. The molecular formula is C9H8F5N. The van der Waals surface area contributed by atoms with E-state index in [4.69, 9.17) is 0 Å². The van der Waals surface area contributed by atoms with E-state index in [2.05, 4.69) is 4.98 Å². The van der Waals surface area contributed by atoms with Gasteiger partial charge in [-0.05, 0) is 12.5 Å². The summed E-state index contributed by atoms with van der Waals surface area (Å²) in [6.45, 7) is 1.56. The Hall–Kier alpha value is -1.20. The second-order valence-corrected chi connectivity index (χ2v) is 2.91. The highest BCUT2D eigenvalue weighted by molar-refractivity contribution is 5.28. The number of rotatable bonds is 2. The van der Waals surface area contributed by atoms with Gasteiger partial charge in [0.15, 0.2) is 0 Å². The Labute approximate surface area is 82.9 Å². The Kier molecular flexibility index (Phi) is 3.26. The minimum atomic E-state index is -4.64. The molecule has 0 saturated heterocycles. The average Bonchev–Trinajstić information content (AvgIpc) is 2.15. The summed E-state index contributed by atoms with van der Waals surface area (Å²) in [6.07, 6.45) is -6.82. The van der Waals surface area contributed by atoms with E-state index in [0.29, 0.717) is 12.3 Å². The van der Waals surface area contributed by atoms with Gasteiger partial charge in [0, 0.05) is 17.5 Å². The van der Waals surface area contributed by atoms with E-state index >= 15 is 0 Å². The van der Waals surface area contributed by atoms with Gasteiger partial charge in [-0.2, -0.15) is 13.2 Å². The van der Waals surface area contributed by atoms with Gasteiger partial charge in [-0.25, -0.2) is 8.78 Å². The van der Waals surface area contributed by atoms with Crippen LogP contribution < -0.4 is 0 Å². The number of hydrogen-bond donors (Lipinski definition) is 0. The Morgan fingerprint density at radius 2 is 1.93 bits per heavy atom. The summed E-state index contributed by atoms with van der Waals surface area (Å²) in [4.78, 5) is 3.38. The van der Waals surface area contributed by atoms with Crippen LogP contribution in [0.5, 0.6) is 0 Å². The lowest BCUT2D eigenvalue weighted by atomic mass is 10.1. The van der Waals surface area contributed by atoms with Crippen molar-refractivity contribution in [1.29, 1.82) is 0 Å². The van der Waals surface area contributed by atoms with E-state index in [9.17, 15) is 22.0 Å². The highest BCUT2D eigenvalue weighted by atomic mass is 19.4. The number of pyridine rings is 1. The summed E-state index contributed by atoms with van der Waals surface area (Å²) in [5, 5.41) is 0. The summed E-state index contributed by atoms with van der Waals surface area (Å²) in [7, 11) is 0. The number of nitrogens with zero attached hydrogens (tertiary/aromatic N) is 1. The second-order valence-electron chi connectivity index (χ2n) is 2.91. The first kappa shape index (κ1) is 11.9. The second kappa shape index (κ2) is 4.12. The summed E-state index contributed by atoms with van der Waals surface area (Å²) in [5.74, 6) is 0.